The Hall–Kier alpha value is -1.24. The first-order chi connectivity index (χ1) is 8.96. The number of benzene rings is 1. The standard InChI is InChI=1S/C13H17NO4S/c1-10(16)11-4-2-6-13(8-11)19(17,18)14-7-3-5-12(14)9-15/h2,4,6,8,12,15H,3,5,7,9H2,1H3/t12-/m0/s1. The molecule has 1 saturated heterocycles. The highest BCUT2D eigenvalue weighted by atomic mass is 32.2. The van der Waals surface area contributed by atoms with Crippen LogP contribution in [0.2, 0.25) is 0 Å². The summed E-state index contributed by atoms with van der Waals surface area (Å²) in [4.78, 5) is 11.4. The van der Waals surface area contributed by atoms with Crippen molar-refractivity contribution in [2.45, 2.75) is 30.7 Å². The SMILES string of the molecule is CC(=O)c1cccc(S(=O)(=O)N2CCC[C@H]2CO)c1. The van der Waals surface area contributed by atoms with Crippen LogP contribution < -0.4 is 0 Å². The minimum absolute atomic E-state index is 0.112. The number of carbonyl (C=O) groups excluding carboxylic acids is 1. The molecule has 1 aliphatic rings. The molecule has 104 valence electrons. The van der Waals surface area contributed by atoms with Gasteiger partial charge in [-0.15, -0.1) is 0 Å². The summed E-state index contributed by atoms with van der Waals surface area (Å²) in [5.41, 5.74) is 0.376. The van der Waals surface area contributed by atoms with Gasteiger partial charge in [0.2, 0.25) is 10.0 Å². The van der Waals surface area contributed by atoms with Crippen LogP contribution in [0.3, 0.4) is 0 Å². The number of aliphatic hydroxyl groups excluding tert-OH is 1. The molecule has 1 aliphatic heterocycles. The third-order valence-electron chi connectivity index (χ3n) is 3.38. The Morgan fingerprint density at radius 1 is 1.47 bits per heavy atom. The van der Waals surface area contributed by atoms with Gasteiger partial charge in [0.25, 0.3) is 0 Å². The molecule has 0 spiro atoms. The molecule has 1 fully saturated rings. The van der Waals surface area contributed by atoms with Gasteiger partial charge in [0.1, 0.15) is 0 Å². The van der Waals surface area contributed by atoms with E-state index in [1.54, 1.807) is 12.1 Å². The van der Waals surface area contributed by atoms with Crippen LogP contribution in [0.15, 0.2) is 29.2 Å². The van der Waals surface area contributed by atoms with Gasteiger partial charge in [0.05, 0.1) is 11.5 Å². The number of sulfonamides is 1. The number of rotatable bonds is 4. The van der Waals surface area contributed by atoms with E-state index >= 15 is 0 Å². The molecule has 0 aromatic heterocycles. The number of nitrogens with zero attached hydrogens (tertiary/aromatic N) is 1. The van der Waals surface area contributed by atoms with E-state index in [-0.39, 0.29) is 23.3 Å². The summed E-state index contributed by atoms with van der Waals surface area (Å²) in [5, 5.41) is 9.23. The van der Waals surface area contributed by atoms with Gasteiger partial charge in [-0.1, -0.05) is 12.1 Å². The highest BCUT2D eigenvalue weighted by Crippen LogP contribution is 2.26. The van der Waals surface area contributed by atoms with E-state index in [9.17, 15) is 18.3 Å². The molecule has 1 heterocycles. The van der Waals surface area contributed by atoms with E-state index in [2.05, 4.69) is 0 Å². The predicted molar refractivity (Wildman–Crippen MR) is 70.4 cm³/mol. The third-order valence-corrected chi connectivity index (χ3v) is 5.33. The molecule has 2 rings (SSSR count). The minimum Gasteiger partial charge on any atom is -0.395 e. The van der Waals surface area contributed by atoms with Crippen molar-refractivity contribution in [2.24, 2.45) is 0 Å². The zero-order valence-electron chi connectivity index (χ0n) is 10.7. The van der Waals surface area contributed by atoms with Crippen molar-refractivity contribution in [1.29, 1.82) is 0 Å². The average Bonchev–Trinajstić information content (AvgIpc) is 2.88. The van der Waals surface area contributed by atoms with Crippen LogP contribution in [0.25, 0.3) is 0 Å². The fraction of sp³-hybridized carbons (Fsp3) is 0.462. The molecule has 0 radical (unpaired) electrons. The molecule has 0 bridgehead atoms. The van der Waals surface area contributed by atoms with Gasteiger partial charge in [-0.25, -0.2) is 8.42 Å². The lowest BCUT2D eigenvalue weighted by atomic mass is 10.2. The predicted octanol–water partition coefficient (Wildman–Crippen LogP) is 1.03. The maximum atomic E-state index is 12.5. The summed E-state index contributed by atoms with van der Waals surface area (Å²) in [6.45, 7) is 1.64. The summed E-state index contributed by atoms with van der Waals surface area (Å²) in [5.74, 6) is -0.169. The van der Waals surface area contributed by atoms with Crippen molar-refractivity contribution in [3.8, 4) is 0 Å². The summed E-state index contributed by atoms with van der Waals surface area (Å²) >= 11 is 0. The average molecular weight is 283 g/mol. The first-order valence-electron chi connectivity index (χ1n) is 6.20. The Balaban J connectivity index is 2.39. The van der Waals surface area contributed by atoms with Gasteiger partial charge < -0.3 is 5.11 Å². The number of hydrogen-bond acceptors (Lipinski definition) is 4. The molecule has 0 aliphatic carbocycles. The molecular formula is C13H17NO4S. The van der Waals surface area contributed by atoms with E-state index < -0.39 is 10.0 Å². The summed E-state index contributed by atoms with van der Waals surface area (Å²) < 4.78 is 26.3. The van der Waals surface area contributed by atoms with Gasteiger partial charge in [-0.05, 0) is 31.9 Å². The second-order valence-corrected chi connectivity index (χ2v) is 6.57. The van der Waals surface area contributed by atoms with E-state index in [1.165, 1.54) is 23.4 Å². The van der Waals surface area contributed by atoms with Gasteiger partial charge in [-0.3, -0.25) is 4.79 Å². The molecule has 5 nitrogen and oxygen atoms in total. The second-order valence-electron chi connectivity index (χ2n) is 4.68. The van der Waals surface area contributed by atoms with Gasteiger partial charge in [0, 0.05) is 18.2 Å². The van der Waals surface area contributed by atoms with Gasteiger partial charge >= 0.3 is 0 Å². The topological polar surface area (TPSA) is 74.7 Å². The van der Waals surface area contributed by atoms with Crippen molar-refractivity contribution in [3.05, 3.63) is 29.8 Å². The molecule has 0 saturated carbocycles. The second kappa shape index (κ2) is 5.40. The maximum Gasteiger partial charge on any atom is 0.243 e. The Morgan fingerprint density at radius 2 is 2.21 bits per heavy atom. The van der Waals surface area contributed by atoms with E-state index in [0.29, 0.717) is 18.5 Å². The number of aliphatic hydroxyl groups is 1. The van der Waals surface area contributed by atoms with E-state index in [4.69, 9.17) is 0 Å². The van der Waals surface area contributed by atoms with Crippen molar-refractivity contribution >= 4 is 15.8 Å². The largest absolute Gasteiger partial charge is 0.395 e. The van der Waals surface area contributed by atoms with Crippen LogP contribution in [0.5, 0.6) is 0 Å². The fourth-order valence-electron chi connectivity index (χ4n) is 2.32. The number of Topliss-reactive ketones (excluding diaryl/α,β-unsaturated/α-hetero) is 1. The molecular weight excluding hydrogens is 266 g/mol. The molecule has 1 aromatic rings. The lowest BCUT2D eigenvalue weighted by Gasteiger charge is -2.22. The van der Waals surface area contributed by atoms with Crippen molar-refractivity contribution < 1.29 is 18.3 Å². The first kappa shape index (κ1) is 14.2. The highest BCUT2D eigenvalue weighted by Gasteiger charge is 2.34. The van der Waals surface area contributed by atoms with Crippen LogP contribution >= 0.6 is 0 Å². The Kier molecular flexibility index (Phi) is 4.03. The van der Waals surface area contributed by atoms with Crippen molar-refractivity contribution in [1.82, 2.24) is 4.31 Å². The first-order valence-corrected chi connectivity index (χ1v) is 7.64. The number of carbonyl (C=O) groups is 1. The van der Waals surface area contributed by atoms with Crippen molar-refractivity contribution in [2.75, 3.05) is 13.2 Å². The van der Waals surface area contributed by atoms with Crippen LogP contribution in [-0.4, -0.2) is 42.8 Å². The quantitative estimate of drug-likeness (QED) is 0.838. The Labute approximate surface area is 112 Å². The highest BCUT2D eigenvalue weighted by molar-refractivity contribution is 7.89. The summed E-state index contributed by atoms with van der Waals surface area (Å²) in [6, 6.07) is 5.67. The lowest BCUT2D eigenvalue weighted by Crippen LogP contribution is -2.37. The van der Waals surface area contributed by atoms with Crippen LogP contribution in [0.1, 0.15) is 30.1 Å². The van der Waals surface area contributed by atoms with Crippen LogP contribution in [0, 0.1) is 0 Å². The van der Waals surface area contributed by atoms with E-state index in [0.717, 1.165) is 6.42 Å². The zero-order chi connectivity index (χ0) is 14.0. The van der Waals surface area contributed by atoms with Gasteiger partial charge in [0.15, 0.2) is 5.78 Å². The zero-order valence-corrected chi connectivity index (χ0v) is 11.6. The maximum absolute atomic E-state index is 12.5. The van der Waals surface area contributed by atoms with Crippen molar-refractivity contribution in [3.63, 3.8) is 0 Å². The summed E-state index contributed by atoms with van der Waals surface area (Å²) in [6.07, 6.45) is 1.42. The Morgan fingerprint density at radius 3 is 2.84 bits per heavy atom. The van der Waals surface area contributed by atoms with Gasteiger partial charge in [-0.2, -0.15) is 4.31 Å². The monoisotopic (exact) mass is 283 g/mol. The molecule has 1 aromatic carbocycles. The van der Waals surface area contributed by atoms with Crippen LogP contribution in [0.4, 0.5) is 0 Å². The molecule has 19 heavy (non-hydrogen) atoms. The normalized spacial score (nSPS) is 20.6. The smallest absolute Gasteiger partial charge is 0.243 e. The Bertz CT molecular complexity index is 582. The number of ketones is 1. The van der Waals surface area contributed by atoms with Crippen LogP contribution in [-0.2, 0) is 10.0 Å². The molecule has 1 atom stereocenters. The third kappa shape index (κ3) is 2.70. The lowest BCUT2D eigenvalue weighted by molar-refractivity contribution is 0.101. The molecule has 6 heteroatoms. The summed E-state index contributed by atoms with van der Waals surface area (Å²) in [7, 11) is -3.63. The fourth-order valence-corrected chi connectivity index (χ4v) is 4.05. The number of hydrogen-bond donors (Lipinski definition) is 1. The molecule has 0 amide bonds. The molecule has 1 N–H and O–H groups in total. The molecule has 0 unspecified atom stereocenters. The minimum atomic E-state index is -3.63. The van der Waals surface area contributed by atoms with E-state index in [1.807, 2.05) is 0 Å².